The Kier molecular flexibility index (Phi) is 6.03. The topological polar surface area (TPSA) is 46.2 Å². The van der Waals surface area contributed by atoms with Crippen LogP contribution >= 0.6 is 11.6 Å². The van der Waals surface area contributed by atoms with Crippen LogP contribution in [-0.2, 0) is 4.79 Å². The molecule has 104 valence electrons. The van der Waals surface area contributed by atoms with Crippen LogP contribution in [0.15, 0.2) is 18.2 Å². The highest BCUT2D eigenvalue weighted by atomic mass is 35.5. The van der Waals surface area contributed by atoms with Gasteiger partial charge in [0.2, 0.25) is 5.91 Å². The summed E-state index contributed by atoms with van der Waals surface area (Å²) in [6, 6.07) is 5.20. The van der Waals surface area contributed by atoms with Crippen LogP contribution in [0.5, 0.6) is 0 Å². The molecule has 0 heterocycles. The fourth-order valence-corrected chi connectivity index (χ4v) is 1.84. The van der Waals surface area contributed by atoms with Crippen molar-refractivity contribution < 1.29 is 9.59 Å². The van der Waals surface area contributed by atoms with E-state index in [1.54, 1.807) is 18.2 Å². The van der Waals surface area contributed by atoms with Crippen molar-refractivity contribution in [3.8, 4) is 0 Å². The summed E-state index contributed by atoms with van der Waals surface area (Å²) < 4.78 is 0. The fraction of sp³-hybridized carbons (Fsp3) is 0.467. The number of aryl methyl sites for hydroxylation is 1. The maximum absolute atomic E-state index is 11.7. The molecule has 0 radical (unpaired) electrons. The summed E-state index contributed by atoms with van der Waals surface area (Å²) in [4.78, 5) is 23.2. The molecule has 1 amide bonds. The lowest BCUT2D eigenvalue weighted by Crippen LogP contribution is -2.13. The van der Waals surface area contributed by atoms with E-state index in [2.05, 4.69) is 19.2 Å². The van der Waals surface area contributed by atoms with Crippen LogP contribution in [0.2, 0.25) is 0 Å². The number of rotatable bonds is 6. The number of nitrogens with one attached hydrogen (secondary N) is 1. The Morgan fingerprint density at radius 3 is 2.53 bits per heavy atom. The number of alkyl halides is 1. The highest BCUT2D eigenvalue weighted by molar-refractivity contribution is 6.30. The van der Waals surface area contributed by atoms with E-state index >= 15 is 0 Å². The number of hydrogen-bond donors (Lipinski definition) is 1. The summed E-state index contributed by atoms with van der Waals surface area (Å²) >= 11 is 5.51. The normalized spacial score (nSPS) is 10.6. The second-order valence-corrected chi connectivity index (χ2v) is 5.33. The lowest BCUT2D eigenvalue weighted by Gasteiger charge is -2.10. The number of carbonyl (C=O) groups is 2. The number of amides is 1. The molecule has 0 atom stereocenters. The SMILES string of the molecule is Cc1cc(C(=O)CCl)ccc1NC(=O)CCC(C)C. The van der Waals surface area contributed by atoms with Gasteiger partial charge in [-0.25, -0.2) is 0 Å². The minimum absolute atomic E-state index is 0.00761. The third-order valence-electron chi connectivity index (χ3n) is 2.89. The van der Waals surface area contributed by atoms with E-state index in [1.807, 2.05) is 6.92 Å². The Bertz CT molecular complexity index is 469. The molecular weight excluding hydrogens is 262 g/mol. The summed E-state index contributed by atoms with van der Waals surface area (Å²) in [5, 5.41) is 2.87. The molecule has 1 aromatic carbocycles. The van der Waals surface area contributed by atoms with Gasteiger partial charge in [-0.1, -0.05) is 13.8 Å². The molecule has 0 aliphatic carbocycles. The first-order valence-corrected chi connectivity index (χ1v) is 6.97. The molecular formula is C15H20ClNO2. The number of benzene rings is 1. The Morgan fingerprint density at radius 2 is 2.00 bits per heavy atom. The van der Waals surface area contributed by atoms with Gasteiger partial charge in [0.05, 0.1) is 5.88 Å². The van der Waals surface area contributed by atoms with E-state index in [4.69, 9.17) is 11.6 Å². The molecule has 0 aromatic heterocycles. The molecule has 0 bridgehead atoms. The van der Waals surface area contributed by atoms with E-state index in [9.17, 15) is 9.59 Å². The summed E-state index contributed by atoms with van der Waals surface area (Å²) in [6.45, 7) is 6.04. The maximum atomic E-state index is 11.7. The molecule has 0 aliphatic heterocycles. The Balaban J connectivity index is 2.69. The van der Waals surface area contributed by atoms with Gasteiger partial charge in [0.1, 0.15) is 0 Å². The van der Waals surface area contributed by atoms with Gasteiger partial charge < -0.3 is 5.32 Å². The molecule has 4 heteroatoms. The van der Waals surface area contributed by atoms with Crippen molar-refractivity contribution in [3.63, 3.8) is 0 Å². The lowest BCUT2D eigenvalue weighted by atomic mass is 10.1. The standard InChI is InChI=1S/C15H20ClNO2/c1-10(2)4-7-15(19)17-13-6-5-12(8-11(13)3)14(18)9-16/h5-6,8,10H,4,7,9H2,1-3H3,(H,17,19). The van der Waals surface area contributed by atoms with Gasteiger partial charge >= 0.3 is 0 Å². The highest BCUT2D eigenvalue weighted by Crippen LogP contribution is 2.18. The van der Waals surface area contributed by atoms with Gasteiger partial charge in [0, 0.05) is 17.7 Å². The number of Topliss-reactive ketones (excluding diaryl/α,β-unsaturated/α-hetero) is 1. The third kappa shape index (κ3) is 5.03. The second kappa shape index (κ2) is 7.29. The van der Waals surface area contributed by atoms with Crippen LogP contribution in [-0.4, -0.2) is 17.6 Å². The van der Waals surface area contributed by atoms with E-state index in [1.165, 1.54) is 0 Å². The average molecular weight is 282 g/mol. The average Bonchev–Trinajstić information content (AvgIpc) is 2.37. The van der Waals surface area contributed by atoms with Gasteiger partial charge in [0.15, 0.2) is 5.78 Å². The zero-order chi connectivity index (χ0) is 14.4. The van der Waals surface area contributed by atoms with Crippen molar-refractivity contribution in [1.82, 2.24) is 0 Å². The van der Waals surface area contributed by atoms with Crippen LogP contribution in [0.3, 0.4) is 0 Å². The van der Waals surface area contributed by atoms with Crippen molar-refractivity contribution in [2.45, 2.75) is 33.6 Å². The minimum Gasteiger partial charge on any atom is -0.326 e. The predicted octanol–water partition coefficient (Wildman–Crippen LogP) is 3.79. The highest BCUT2D eigenvalue weighted by Gasteiger charge is 2.09. The van der Waals surface area contributed by atoms with E-state index in [-0.39, 0.29) is 17.6 Å². The zero-order valence-electron chi connectivity index (χ0n) is 11.6. The first-order valence-electron chi connectivity index (χ1n) is 6.43. The Hall–Kier alpha value is -1.35. The molecule has 19 heavy (non-hydrogen) atoms. The van der Waals surface area contributed by atoms with E-state index in [0.29, 0.717) is 17.9 Å². The quantitative estimate of drug-likeness (QED) is 0.637. The molecule has 0 saturated carbocycles. The van der Waals surface area contributed by atoms with Gasteiger partial charge in [-0.2, -0.15) is 0 Å². The Morgan fingerprint density at radius 1 is 1.32 bits per heavy atom. The summed E-state index contributed by atoms with van der Waals surface area (Å²) in [6.07, 6.45) is 1.38. The van der Waals surface area contributed by atoms with Crippen LogP contribution in [0.4, 0.5) is 5.69 Å². The monoisotopic (exact) mass is 281 g/mol. The van der Waals surface area contributed by atoms with Crippen molar-refractivity contribution in [3.05, 3.63) is 29.3 Å². The van der Waals surface area contributed by atoms with Crippen LogP contribution in [0.1, 0.15) is 42.6 Å². The Labute approximate surface area is 119 Å². The second-order valence-electron chi connectivity index (χ2n) is 5.07. The first-order chi connectivity index (χ1) is 8.93. The van der Waals surface area contributed by atoms with Gasteiger partial charge in [-0.05, 0) is 43.0 Å². The number of hydrogen-bond acceptors (Lipinski definition) is 2. The van der Waals surface area contributed by atoms with Gasteiger partial charge in [-0.15, -0.1) is 11.6 Å². The maximum Gasteiger partial charge on any atom is 0.224 e. The first kappa shape index (κ1) is 15.7. The third-order valence-corrected chi connectivity index (χ3v) is 3.14. The summed E-state index contributed by atoms with van der Waals surface area (Å²) in [5.74, 6) is 0.380. The molecule has 0 unspecified atom stereocenters. The molecule has 0 saturated heterocycles. The van der Waals surface area contributed by atoms with Gasteiger partial charge in [-0.3, -0.25) is 9.59 Å². The van der Waals surface area contributed by atoms with E-state index in [0.717, 1.165) is 17.7 Å². The van der Waals surface area contributed by atoms with Crippen LogP contribution in [0, 0.1) is 12.8 Å². The number of ketones is 1. The van der Waals surface area contributed by atoms with Crippen molar-refractivity contribution >= 4 is 29.0 Å². The smallest absolute Gasteiger partial charge is 0.224 e. The molecule has 0 aliphatic rings. The lowest BCUT2D eigenvalue weighted by molar-refractivity contribution is -0.116. The zero-order valence-corrected chi connectivity index (χ0v) is 12.4. The molecule has 1 aromatic rings. The number of halogens is 1. The molecule has 1 rings (SSSR count). The van der Waals surface area contributed by atoms with Crippen molar-refractivity contribution in [2.24, 2.45) is 5.92 Å². The van der Waals surface area contributed by atoms with Crippen molar-refractivity contribution in [2.75, 3.05) is 11.2 Å². The predicted molar refractivity (Wildman–Crippen MR) is 78.9 cm³/mol. The minimum atomic E-state index is -0.109. The van der Waals surface area contributed by atoms with Gasteiger partial charge in [0.25, 0.3) is 0 Å². The van der Waals surface area contributed by atoms with Crippen LogP contribution < -0.4 is 5.32 Å². The summed E-state index contributed by atoms with van der Waals surface area (Å²) in [5.41, 5.74) is 2.20. The number of carbonyl (C=O) groups excluding carboxylic acids is 2. The van der Waals surface area contributed by atoms with E-state index < -0.39 is 0 Å². The van der Waals surface area contributed by atoms with Crippen molar-refractivity contribution in [1.29, 1.82) is 0 Å². The molecule has 3 nitrogen and oxygen atoms in total. The largest absolute Gasteiger partial charge is 0.326 e. The molecule has 0 fully saturated rings. The molecule has 0 spiro atoms. The summed E-state index contributed by atoms with van der Waals surface area (Å²) in [7, 11) is 0. The van der Waals surface area contributed by atoms with Crippen LogP contribution in [0.25, 0.3) is 0 Å². The molecule has 1 N–H and O–H groups in total. The number of anilines is 1. The fourth-order valence-electron chi connectivity index (χ4n) is 1.69.